The van der Waals surface area contributed by atoms with Gasteiger partial charge in [0, 0.05) is 37.3 Å². The Balaban J connectivity index is 1.51. The van der Waals surface area contributed by atoms with E-state index in [0.717, 1.165) is 49.3 Å². The predicted molar refractivity (Wildman–Crippen MR) is 104 cm³/mol. The summed E-state index contributed by atoms with van der Waals surface area (Å²) < 4.78 is 7.53. The lowest BCUT2D eigenvalue weighted by molar-refractivity contribution is 0.278. The molecule has 1 aliphatic rings. The van der Waals surface area contributed by atoms with Gasteiger partial charge >= 0.3 is 0 Å². The first-order valence-electron chi connectivity index (χ1n) is 9.35. The van der Waals surface area contributed by atoms with E-state index in [1.807, 2.05) is 17.1 Å². The maximum Gasteiger partial charge on any atom is 0.157 e. The van der Waals surface area contributed by atoms with Gasteiger partial charge in [-0.2, -0.15) is 5.10 Å². The molecule has 0 unspecified atom stereocenters. The molecule has 3 heterocycles. The molecule has 1 aliphatic heterocycles. The highest BCUT2D eigenvalue weighted by molar-refractivity contribution is 5.75. The molecule has 0 radical (unpaired) electrons. The molecular formula is C21H26N4O. The van der Waals surface area contributed by atoms with Crippen molar-refractivity contribution in [1.82, 2.24) is 19.7 Å². The Morgan fingerprint density at radius 2 is 2.00 bits per heavy atom. The summed E-state index contributed by atoms with van der Waals surface area (Å²) in [7, 11) is 1.76. The number of fused-ring (bicyclic) bond motifs is 2. The maximum atomic E-state index is 5.55. The Morgan fingerprint density at radius 1 is 1.15 bits per heavy atom. The molecule has 5 nitrogen and oxygen atoms in total. The van der Waals surface area contributed by atoms with Crippen LogP contribution >= 0.6 is 0 Å². The van der Waals surface area contributed by atoms with Crippen LogP contribution in [0.1, 0.15) is 36.6 Å². The molecule has 26 heavy (non-hydrogen) atoms. The first kappa shape index (κ1) is 17.0. The second-order valence-electron chi connectivity index (χ2n) is 7.31. The number of nitrogens with zero attached hydrogens (tertiary/aromatic N) is 4. The maximum absolute atomic E-state index is 5.55. The van der Waals surface area contributed by atoms with Crippen LogP contribution in [0, 0.1) is 0 Å². The second kappa shape index (κ2) is 7.08. The van der Waals surface area contributed by atoms with Crippen LogP contribution in [0.5, 0.6) is 5.75 Å². The molecule has 0 bridgehead atoms. The highest BCUT2D eigenvalue weighted by Crippen LogP contribution is 2.26. The van der Waals surface area contributed by atoms with Crippen molar-refractivity contribution < 1.29 is 4.74 Å². The first-order chi connectivity index (χ1) is 12.7. The van der Waals surface area contributed by atoms with Gasteiger partial charge in [-0.15, -0.1) is 0 Å². The van der Waals surface area contributed by atoms with Crippen molar-refractivity contribution in [1.29, 1.82) is 0 Å². The zero-order chi connectivity index (χ0) is 18.1. The molecule has 0 spiro atoms. The van der Waals surface area contributed by atoms with Gasteiger partial charge in [0.05, 0.1) is 13.3 Å². The van der Waals surface area contributed by atoms with Gasteiger partial charge in [-0.05, 0) is 55.5 Å². The standard InChI is InChI=1S/C21H26N4O/c1-15(2)25-21-18(13-23-25)11-16(12-22-21)14-24-9-7-17-5-4-6-20(26-3)19(17)8-10-24/h4-6,11-13,15H,7-10,14H2,1-3H3. The number of aromatic nitrogens is 3. The smallest absolute Gasteiger partial charge is 0.157 e. The third-order valence-corrected chi connectivity index (χ3v) is 5.21. The van der Waals surface area contributed by atoms with Crippen LogP contribution in [0.15, 0.2) is 36.7 Å². The van der Waals surface area contributed by atoms with E-state index in [9.17, 15) is 0 Å². The second-order valence-corrected chi connectivity index (χ2v) is 7.31. The predicted octanol–water partition coefficient (Wildman–Crippen LogP) is 3.62. The number of hydrogen-bond acceptors (Lipinski definition) is 4. The van der Waals surface area contributed by atoms with Crippen molar-refractivity contribution >= 4 is 11.0 Å². The molecular weight excluding hydrogens is 324 g/mol. The Bertz CT molecular complexity index is 916. The molecule has 0 N–H and O–H groups in total. The molecule has 5 heteroatoms. The number of rotatable bonds is 4. The third kappa shape index (κ3) is 3.19. The third-order valence-electron chi connectivity index (χ3n) is 5.21. The zero-order valence-corrected chi connectivity index (χ0v) is 15.8. The Morgan fingerprint density at radius 3 is 2.81 bits per heavy atom. The van der Waals surface area contributed by atoms with Gasteiger partial charge in [0.1, 0.15) is 5.75 Å². The molecule has 2 aromatic heterocycles. The van der Waals surface area contributed by atoms with Gasteiger partial charge in [-0.1, -0.05) is 12.1 Å². The lowest BCUT2D eigenvalue weighted by Crippen LogP contribution is -2.26. The quantitative estimate of drug-likeness (QED) is 0.721. The van der Waals surface area contributed by atoms with Gasteiger partial charge in [0.2, 0.25) is 0 Å². The summed E-state index contributed by atoms with van der Waals surface area (Å²) in [6, 6.07) is 8.95. The SMILES string of the molecule is COc1cccc2c1CCN(Cc1cnc3c(cnn3C(C)C)c1)CC2. The van der Waals surface area contributed by atoms with E-state index in [-0.39, 0.29) is 0 Å². The fourth-order valence-electron chi connectivity index (χ4n) is 3.85. The first-order valence-corrected chi connectivity index (χ1v) is 9.35. The minimum Gasteiger partial charge on any atom is -0.496 e. The lowest BCUT2D eigenvalue weighted by Gasteiger charge is -2.19. The fourth-order valence-corrected chi connectivity index (χ4v) is 3.85. The van der Waals surface area contributed by atoms with E-state index in [2.05, 4.69) is 53.1 Å². The van der Waals surface area contributed by atoms with E-state index in [4.69, 9.17) is 4.74 Å². The molecule has 0 saturated heterocycles. The Labute approximate surface area is 154 Å². The van der Waals surface area contributed by atoms with E-state index in [0.29, 0.717) is 6.04 Å². The minimum absolute atomic E-state index is 0.324. The summed E-state index contributed by atoms with van der Waals surface area (Å²) in [4.78, 5) is 7.18. The molecule has 3 aromatic rings. The lowest BCUT2D eigenvalue weighted by atomic mass is 10.0. The topological polar surface area (TPSA) is 43.2 Å². The monoisotopic (exact) mass is 350 g/mol. The van der Waals surface area contributed by atoms with Gasteiger partial charge in [0.15, 0.2) is 5.65 Å². The molecule has 0 atom stereocenters. The number of methoxy groups -OCH3 is 1. The molecule has 0 saturated carbocycles. The number of pyridine rings is 1. The largest absolute Gasteiger partial charge is 0.496 e. The number of benzene rings is 1. The van der Waals surface area contributed by atoms with Crippen LogP contribution in [0.3, 0.4) is 0 Å². The average molecular weight is 350 g/mol. The van der Waals surface area contributed by atoms with Gasteiger partial charge in [-0.3, -0.25) is 4.90 Å². The summed E-state index contributed by atoms with van der Waals surface area (Å²) in [5.74, 6) is 1.02. The van der Waals surface area contributed by atoms with Crippen molar-refractivity contribution in [2.75, 3.05) is 20.2 Å². The van der Waals surface area contributed by atoms with Crippen molar-refractivity contribution in [3.05, 3.63) is 53.3 Å². The summed E-state index contributed by atoms with van der Waals surface area (Å²) in [5, 5.41) is 5.59. The Hall–Kier alpha value is -2.40. The summed E-state index contributed by atoms with van der Waals surface area (Å²) in [6.45, 7) is 7.28. The summed E-state index contributed by atoms with van der Waals surface area (Å²) in [6.07, 6.45) is 6.02. The average Bonchev–Trinajstić information content (AvgIpc) is 2.96. The molecule has 4 rings (SSSR count). The van der Waals surface area contributed by atoms with E-state index < -0.39 is 0 Å². The zero-order valence-electron chi connectivity index (χ0n) is 15.8. The van der Waals surface area contributed by atoms with Gasteiger partial charge in [-0.25, -0.2) is 9.67 Å². The highest BCUT2D eigenvalue weighted by atomic mass is 16.5. The summed E-state index contributed by atoms with van der Waals surface area (Å²) >= 11 is 0. The number of hydrogen-bond donors (Lipinski definition) is 0. The molecule has 0 amide bonds. The van der Waals surface area contributed by atoms with Crippen LogP contribution < -0.4 is 4.74 Å². The van der Waals surface area contributed by atoms with Gasteiger partial charge < -0.3 is 4.74 Å². The van der Waals surface area contributed by atoms with Crippen LogP contribution in [0.25, 0.3) is 11.0 Å². The van der Waals surface area contributed by atoms with Crippen molar-refractivity contribution in [3.63, 3.8) is 0 Å². The van der Waals surface area contributed by atoms with Crippen LogP contribution in [0.2, 0.25) is 0 Å². The highest BCUT2D eigenvalue weighted by Gasteiger charge is 2.17. The van der Waals surface area contributed by atoms with Gasteiger partial charge in [0.25, 0.3) is 0 Å². The van der Waals surface area contributed by atoms with Crippen molar-refractivity contribution in [2.24, 2.45) is 0 Å². The fraction of sp³-hybridized carbons (Fsp3) is 0.429. The Kier molecular flexibility index (Phi) is 4.64. The molecule has 0 aliphatic carbocycles. The minimum atomic E-state index is 0.324. The van der Waals surface area contributed by atoms with Crippen molar-refractivity contribution in [2.45, 2.75) is 39.3 Å². The normalized spacial score (nSPS) is 15.2. The van der Waals surface area contributed by atoms with E-state index >= 15 is 0 Å². The van der Waals surface area contributed by atoms with Crippen LogP contribution in [-0.4, -0.2) is 39.9 Å². The molecule has 136 valence electrons. The van der Waals surface area contributed by atoms with Crippen molar-refractivity contribution in [3.8, 4) is 5.75 Å². The molecule has 1 aromatic carbocycles. The van der Waals surface area contributed by atoms with E-state index in [1.165, 1.54) is 16.7 Å². The van der Waals surface area contributed by atoms with Crippen LogP contribution in [-0.2, 0) is 19.4 Å². The van der Waals surface area contributed by atoms with E-state index in [1.54, 1.807) is 7.11 Å². The van der Waals surface area contributed by atoms with Crippen LogP contribution in [0.4, 0.5) is 0 Å². The molecule has 0 fully saturated rings. The summed E-state index contributed by atoms with van der Waals surface area (Å²) in [5.41, 5.74) is 5.00. The number of ether oxygens (including phenoxy) is 1.